The summed E-state index contributed by atoms with van der Waals surface area (Å²) in [5, 5.41) is 7.98. The molecule has 1 heterocycles. The van der Waals surface area contributed by atoms with Gasteiger partial charge in [0.25, 0.3) is 0 Å². The molecule has 2 unspecified atom stereocenters. The van der Waals surface area contributed by atoms with Gasteiger partial charge in [-0.2, -0.15) is 0 Å². The lowest BCUT2D eigenvalue weighted by Gasteiger charge is -2.36. The van der Waals surface area contributed by atoms with Crippen LogP contribution in [0.25, 0.3) is 10.8 Å². The predicted octanol–water partition coefficient (Wildman–Crippen LogP) is 2.12. The summed E-state index contributed by atoms with van der Waals surface area (Å²) in [7, 11) is -3.70. The van der Waals surface area contributed by atoms with E-state index in [1.807, 2.05) is 26.8 Å². The number of fused-ring (bicyclic) bond motifs is 3. The van der Waals surface area contributed by atoms with Crippen LogP contribution in [0.15, 0.2) is 23.2 Å². The molecule has 182 valence electrons. The van der Waals surface area contributed by atoms with Gasteiger partial charge in [-0.05, 0) is 61.4 Å². The third kappa shape index (κ3) is 4.08. The second-order valence-electron chi connectivity index (χ2n) is 10.1. The fourth-order valence-electron chi connectivity index (χ4n) is 5.12. The Morgan fingerprint density at radius 1 is 1.06 bits per heavy atom. The molecule has 1 aromatic carbocycles. The molecule has 3 aliphatic carbocycles. The summed E-state index contributed by atoms with van der Waals surface area (Å²) in [5.74, 6) is -0.184. The van der Waals surface area contributed by atoms with Gasteiger partial charge in [-0.15, -0.1) is 0 Å². The average molecular weight is 485 g/mol. The highest BCUT2D eigenvalue weighted by molar-refractivity contribution is 7.89. The molecule has 3 N–H and O–H groups in total. The van der Waals surface area contributed by atoms with Crippen LogP contribution in [0.3, 0.4) is 0 Å². The van der Waals surface area contributed by atoms with Gasteiger partial charge < -0.3 is 5.32 Å². The molecule has 5 rings (SSSR count). The number of sulfonamides is 1. The number of rotatable bonds is 9. The molecule has 0 radical (unpaired) electrons. The highest BCUT2D eigenvalue weighted by Crippen LogP contribution is 2.44. The zero-order chi connectivity index (χ0) is 24.2. The lowest BCUT2D eigenvalue weighted by atomic mass is 9.82. The van der Waals surface area contributed by atoms with Crippen LogP contribution >= 0.6 is 0 Å². The van der Waals surface area contributed by atoms with E-state index in [1.54, 1.807) is 12.3 Å². The average Bonchev–Trinajstić information content (AvgIpc) is 3.59. The number of likely N-dealkylation sites (N-methyl/N-ethyl adjacent to an activating group) is 1. The number of benzene rings is 1. The SMILES string of the molecule is CCNC1C(=O)C(=O)C1N[C@@H]1CCc2cc(S(=O)(=O)NCC(C)C)c3cc(C4CC4)ncc3c21. The van der Waals surface area contributed by atoms with Crippen molar-refractivity contribution in [1.29, 1.82) is 0 Å². The molecular weight excluding hydrogens is 452 g/mol. The molecule has 3 aliphatic rings. The topological polar surface area (TPSA) is 117 Å². The number of hydrogen-bond donors (Lipinski definition) is 3. The minimum atomic E-state index is -3.70. The van der Waals surface area contributed by atoms with Crippen LogP contribution in [-0.4, -0.2) is 50.1 Å². The molecule has 0 bridgehead atoms. The summed E-state index contributed by atoms with van der Waals surface area (Å²) in [6, 6.07) is 2.52. The number of nitrogens with one attached hydrogen (secondary N) is 3. The van der Waals surface area contributed by atoms with Gasteiger partial charge in [-0.1, -0.05) is 20.8 Å². The van der Waals surface area contributed by atoms with E-state index in [9.17, 15) is 18.0 Å². The summed E-state index contributed by atoms with van der Waals surface area (Å²) in [5.41, 5.74) is 2.88. The third-order valence-corrected chi connectivity index (χ3v) is 8.56. The van der Waals surface area contributed by atoms with Gasteiger partial charge in [0.15, 0.2) is 0 Å². The Morgan fingerprint density at radius 3 is 2.47 bits per heavy atom. The van der Waals surface area contributed by atoms with E-state index in [2.05, 4.69) is 20.3 Å². The summed E-state index contributed by atoms with van der Waals surface area (Å²) in [6.45, 7) is 6.83. The Bertz CT molecular complexity index is 1270. The van der Waals surface area contributed by atoms with Crippen LogP contribution in [0.1, 0.15) is 68.8 Å². The first-order chi connectivity index (χ1) is 16.2. The standard InChI is InChI=1S/C25H32N4O4S/c1-4-26-22-23(25(31)24(22)30)29-18-8-7-15-9-20(34(32,33)28-11-13(2)3)16-10-19(14-5-6-14)27-12-17(16)21(15)18/h9-10,12-14,18,22-23,26,28-29H,4-8,11H2,1-3H3/t18-,22?,23?/m1/s1. The number of carbonyl (C=O) groups excluding carboxylic acids is 2. The van der Waals surface area contributed by atoms with E-state index in [4.69, 9.17) is 0 Å². The molecular formula is C25H32N4O4S. The summed E-state index contributed by atoms with van der Waals surface area (Å²) >= 11 is 0. The minimum Gasteiger partial charge on any atom is -0.306 e. The second-order valence-corrected chi connectivity index (χ2v) is 11.9. The predicted molar refractivity (Wildman–Crippen MR) is 129 cm³/mol. The number of ketones is 2. The van der Waals surface area contributed by atoms with Crippen molar-refractivity contribution < 1.29 is 18.0 Å². The van der Waals surface area contributed by atoms with Crippen molar-refractivity contribution in [3.63, 3.8) is 0 Å². The molecule has 0 aliphatic heterocycles. The molecule has 2 fully saturated rings. The molecule has 0 saturated heterocycles. The largest absolute Gasteiger partial charge is 0.306 e. The summed E-state index contributed by atoms with van der Waals surface area (Å²) < 4.78 is 29.4. The monoisotopic (exact) mass is 484 g/mol. The van der Waals surface area contributed by atoms with E-state index in [-0.39, 0.29) is 17.7 Å². The number of hydrogen-bond acceptors (Lipinski definition) is 7. The Hall–Kier alpha value is -2.20. The number of pyridine rings is 1. The fourth-order valence-corrected chi connectivity index (χ4v) is 6.58. The van der Waals surface area contributed by atoms with Crippen molar-refractivity contribution in [3.8, 4) is 0 Å². The molecule has 2 saturated carbocycles. The van der Waals surface area contributed by atoms with Gasteiger partial charge in [0.1, 0.15) is 0 Å². The number of Topliss-reactive ketones (excluding diaryl/α,β-unsaturated/α-hetero) is 2. The third-order valence-electron chi connectivity index (χ3n) is 7.10. The Balaban J connectivity index is 1.56. The van der Waals surface area contributed by atoms with E-state index >= 15 is 0 Å². The summed E-state index contributed by atoms with van der Waals surface area (Å²) in [6.07, 6.45) is 5.38. The molecule has 0 spiro atoms. The molecule has 3 atom stereocenters. The van der Waals surface area contributed by atoms with Crippen LogP contribution in [-0.2, 0) is 26.0 Å². The quantitative estimate of drug-likeness (QED) is 0.467. The van der Waals surface area contributed by atoms with Crippen LogP contribution in [0.5, 0.6) is 0 Å². The first kappa shape index (κ1) is 23.5. The maximum absolute atomic E-state index is 13.3. The smallest absolute Gasteiger partial charge is 0.241 e. The number of aromatic nitrogens is 1. The van der Waals surface area contributed by atoms with Crippen LogP contribution in [0, 0.1) is 5.92 Å². The van der Waals surface area contributed by atoms with E-state index in [1.165, 1.54) is 0 Å². The van der Waals surface area contributed by atoms with Crippen molar-refractivity contribution in [2.24, 2.45) is 5.92 Å². The molecule has 1 aromatic heterocycles. The van der Waals surface area contributed by atoms with Gasteiger partial charge in [-0.25, -0.2) is 13.1 Å². The van der Waals surface area contributed by atoms with E-state index < -0.39 is 27.9 Å². The second kappa shape index (κ2) is 8.78. The minimum absolute atomic E-state index is 0.144. The molecule has 2 aromatic rings. The lowest BCUT2D eigenvalue weighted by Crippen LogP contribution is -2.69. The van der Waals surface area contributed by atoms with Gasteiger partial charge in [0, 0.05) is 41.2 Å². The normalized spacial score (nSPS) is 24.6. The van der Waals surface area contributed by atoms with Crippen LogP contribution in [0.2, 0.25) is 0 Å². The molecule has 8 nitrogen and oxygen atoms in total. The van der Waals surface area contributed by atoms with Crippen molar-refractivity contribution in [2.75, 3.05) is 13.1 Å². The molecule has 34 heavy (non-hydrogen) atoms. The Morgan fingerprint density at radius 2 is 1.79 bits per heavy atom. The molecule has 9 heteroatoms. The maximum atomic E-state index is 13.3. The van der Waals surface area contributed by atoms with Gasteiger partial charge in [-0.3, -0.25) is 19.9 Å². The van der Waals surface area contributed by atoms with Crippen LogP contribution in [0.4, 0.5) is 0 Å². The van der Waals surface area contributed by atoms with Gasteiger partial charge >= 0.3 is 0 Å². The van der Waals surface area contributed by atoms with E-state index in [0.717, 1.165) is 41.5 Å². The highest BCUT2D eigenvalue weighted by Gasteiger charge is 2.49. The number of aryl methyl sites for hydroxylation is 1. The Labute approximate surface area is 200 Å². The zero-order valence-electron chi connectivity index (χ0n) is 19.8. The first-order valence-corrected chi connectivity index (χ1v) is 13.7. The fraction of sp³-hybridized carbons (Fsp3) is 0.560. The number of carbonyl (C=O) groups is 2. The van der Waals surface area contributed by atoms with Gasteiger partial charge in [0.2, 0.25) is 21.6 Å². The van der Waals surface area contributed by atoms with Crippen LogP contribution < -0.4 is 15.4 Å². The lowest BCUT2D eigenvalue weighted by molar-refractivity contribution is -0.147. The Kier molecular flexibility index (Phi) is 6.08. The van der Waals surface area contributed by atoms with Crippen molar-refractivity contribution in [2.45, 2.75) is 75.4 Å². The van der Waals surface area contributed by atoms with Crippen molar-refractivity contribution in [3.05, 3.63) is 35.2 Å². The number of nitrogens with zero attached hydrogens (tertiary/aromatic N) is 1. The first-order valence-electron chi connectivity index (χ1n) is 12.2. The van der Waals surface area contributed by atoms with Crippen molar-refractivity contribution >= 4 is 32.4 Å². The maximum Gasteiger partial charge on any atom is 0.241 e. The van der Waals surface area contributed by atoms with E-state index in [0.29, 0.717) is 35.7 Å². The zero-order valence-corrected chi connectivity index (χ0v) is 20.7. The van der Waals surface area contributed by atoms with Gasteiger partial charge in [0.05, 0.1) is 17.0 Å². The van der Waals surface area contributed by atoms with Crippen molar-refractivity contribution in [1.82, 2.24) is 20.3 Å². The molecule has 0 amide bonds. The summed E-state index contributed by atoms with van der Waals surface area (Å²) in [4.78, 5) is 29.3. The highest BCUT2D eigenvalue weighted by atomic mass is 32.2.